The van der Waals surface area contributed by atoms with Crippen molar-refractivity contribution < 1.29 is 5.11 Å². The predicted octanol–water partition coefficient (Wildman–Crippen LogP) is 0.551. The molecular weight excluding hydrogens is 216 g/mol. The minimum Gasteiger partial charge on any atom is -0.395 e. The van der Waals surface area contributed by atoms with Crippen molar-refractivity contribution in [1.82, 2.24) is 9.47 Å². The van der Waals surface area contributed by atoms with E-state index in [0.29, 0.717) is 12.5 Å². The van der Waals surface area contributed by atoms with Crippen molar-refractivity contribution in [2.45, 2.75) is 25.9 Å². The topological polar surface area (TPSA) is 45.5 Å². The number of hydrogen-bond donors (Lipinski definition) is 1. The summed E-state index contributed by atoms with van der Waals surface area (Å²) in [5, 5.41) is 9.35. The van der Waals surface area contributed by atoms with E-state index in [2.05, 4.69) is 11.8 Å². The summed E-state index contributed by atoms with van der Waals surface area (Å²) in [5.74, 6) is 0.549. The van der Waals surface area contributed by atoms with Crippen molar-refractivity contribution >= 4 is 0 Å². The molecule has 4 heteroatoms. The Labute approximate surface area is 101 Å². The van der Waals surface area contributed by atoms with Crippen molar-refractivity contribution in [2.75, 3.05) is 19.7 Å². The first-order valence-electron chi connectivity index (χ1n) is 6.22. The zero-order chi connectivity index (χ0) is 12.3. The van der Waals surface area contributed by atoms with Crippen LogP contribution in [0.4, 0.5) is 0 Å². The molecule has 0 aromatic carbocycles. The van der Waals surface area contributed by atoms with Crippen LogP contribution in [-0.4, -0.2) is 40.3 Å². The number of aromatic nitrogens is 1. The Morgan fingerprint density at radius 3 is 2.94 bits per heavy atom. The quantitative estimate of drug-likeness (QED) is 0.830. The van der Waals surface area contributed by atoms with Gasteiger partial charge in [-0.25, -0.2) is 0 Å². The molecule has 2 rings (SSSR count). The lowest BCUT2D eigenvalue weighted by Crippen LogP contribution is -2.38. The highest BCUT2D eigenvalue weighted by Crippen LogP contribution is 2.22. The van der Waals surface area contributed by atoms with Crippen molar-refractivity contribution in [3.8, 4) is 0 Å². The standard InChI is InChI=1S/C13H20N2O2/c1-11-5-7-14(12(11)10-16)8-9-15-6-3-2-4-13(15)17/h2-4,6,11-12,16H,5,7-10H2,1H3. The molecule has 0 aliphatic carbocycles. The van der Waals surface area contributed by atoms with Crippen molar-refractivity contribution in [3.63, 3.8) is 0 Å². The van der Waals surface area contributed by atoms with Crippen LogP contribution in [0.25, 0.3) is 0 Å². The van der Waals surface area contributed by atoms with Gasteiger partial charge in [0.05, 0.1) is 6.61 Å². The fourth-order valence-electron chi connectivity index (χ4n) is 2.54. The van der Waals surface area contributed by atoms with E-state index < -0.39 is 0 Å². The molecule has 1 aliphatic heterocycles. The Bertz CT molecular complexity index is 416. The molecular formula is C13H20N2O2. The SMILES string of the molecule is CC1CCN(CCn2ccccc2=O)C1CO. The van der Waals surface area contributed by atoms with E-state index in [1.807, 2.05) is 12.3 Å². The second kappa shape index (κ2) is 5.47. The molecule has 2 heterocycles. The number of likely N-dealkylation sites (tertiary alicyclic amines) is 1. The first-order chi connectivity index (χ1) is 8.22. The molecule has 1 aromatic rings. The minimum absolute atomic E-state index is 0.0419. The van der Waals surface area contributed by atoms with E-state index in [1.54, 1.807) is 16.7 Å². The third-order valence-electron chi connectivity index (χ3n) is 3.71. The lowest BCUT2D eigenvalue weighted by Gasteiger charge is -2.25. The van der Waals surface area contributed by atoms with Crippen LogP contribution in [0.5, 0.6) is 0 Å². The predicted molar refractivity (Wildman–Crippen MR) is 66.9 cm³/mol. The van der Waals surface area contributed by atoms with Crippen LogP contribution in [0, 0.1) is 5.92 Å². The highest BCUT2D eigenvalue weighted by atomic mass is 16.3. The van der Waals surface area contributed by atoms with Crippen LogP contribution < -0.4 is 5.56 Å². The molecule has 4 nitrogen and oxygen atoms in total. The van der Waals surface area contributed by atoms with Gasteiger partial charge in [0.15, 0.2) is 0 Å². The number of rotatable bonds is 4. The summed E-state index contributed by atoms with van der Waals surface area (Å²) in [7, 11) is 0. The molecule has 1 aliphatic rings. The van der Waals surface area contributed by atoms with Gasteiger partial charge in [0.2, 0.25) is 0 Å². The fourth-order valence-corrected chi connectivity index (χ4v) is 2.54. The molecule has 94 valence electrons. The summed E-state index contributed by atoms with van der Waals surface area (Å²) in [5.41, 5.74) is 0.0419. The lowest BCUT2D eigenvalue weighted by atomic mass is 10.0. The van der Waals surface area contributed by atoms with Gasteiger partial charge in [-0.2, -0.15) is 0 Å². The summed E-state index contributed by atoms with van der Waals surface area (Å²) >= 11 is 0. The zero-order valence-electron chi connectivity index (χ0n) is 10.2. The van der Waals surface area contributed by atoms with E-state index in [-0.39, 0.29) is 18.2 Å². The van der Waals surface area contributed by atoms with E-state index in [0.717, 1.165) is 19.5 Å². The third-order valence-corrected chi connectivity index (χ3v) is 3.71. The van der Waals surface area contributed by atoms with Crippen molar-refractivity contribution in [3.05, 3.63) is 34.7 Å². The zero-order valence-corrected chi connectivity index (χ0v) is 10.2. The van der Waals surface area contributed by atoms with Crippen LogP contribution in [0.3, 0.4) is 0 Å². The second-order valence-corrected chi connectivity index (χ2v) is 4.78. The molecule has 1 N–H and O–H groups in total. The van der Waals surface area contributed by atoms with Crippen LogP contribution in [-0.2, 0) is 6.54 Å². The summed E-state index contributed by atoms with van der Waals surface area (Å²) in [6, 6.07) is 5.47. The van der Waals surface area contributed by atoms with Gasteiger partial charge in [0.25, 0.3) is 5.56 Å². The average Bonchev–Trinajstić information content (AvgIpc) is 2.69. The molecule has 0 radical (unpaired) electrons. The minimum atomic E-state index is 0.0419. The molecule has 0 saturated carbocycles. The monoisotopic (exact) mass is 236 g/mol. The summed E-state index contributed by atoms with van der Waals surface area (Å²) < 4.78 is 1.72. The number of hydrogen-bond acceptors (Lipinski definition) is 3. The Hall–Kier alpha value is -1.13. The average molecular weight is 236 g/mol. The fraction of sp³-hybridized carbons (Fsp3) is 0.615. The molecule has 1 aromatic heterocycles. The van der Waals surface area contributed by atoms with Crippen LogP contribution in [0.2, 0.25) is 0 Å². The van der Waals surface area contributed by atoms with Gasteiger partial charge in [-0.05, 0) is 24.9 Å². The van der Waals surface area contributed by atoms with Gasteiger partial charge in [-0.3, -0.25) is 9.69 Å². The molecule has 0 amide bonds. The number of aliphatic hydroxyl groups is 1. The van der Waals surface area contributed by atoms with Crippen molar-refractivity contribution in [2.24, 2.45) is 5.92 Å². The van der Waals surface area contributed by atoms with Gasteiger partial charge in [0.1, 0.15) is 0 Å². The number of nitrogens with zero attached hydrogens (tertiary/aromatic N) is 2. The van der Waals surface area contributed by atoms with Crippen molar-refractivity contribution in [1.29, 1.82) is 0 Å². The number of pyridine rings is 1. The molecule has 0 bridgehead atoms. The highest BCUT2D eigenvalue weighted by Gasteiger charge is 2.29. The van der Waals surface area contributed by atoms with E-state index in [9.17, 15) is 9.90 Å². The van der Waals surface area contributed by atoms with E-state index in [4.69, 9.17) is 0 Å². The smallest absolute Gasteiger partial charge is 0.250 e. The normalized spacial score (nSPS) is 25.3. The van der Waals surface area contributed by atoms with E-state index >= 15 is 0 Å². The molecule has 1 fully saturated rings. The Morgan fingerprint density at radius 1 is 1.41 bits per heavy atom. The highest BCUT2D eigenvalue weighted by molar-refractivity contribution is 4.93. The molecule has 0 spiro atoms. The molecule has 17 heavy (non-hydrogen) atoms. The van der Waals surface area contributed by atoms with Gasteiger partial charge in [-0.1, -0.05) is 13.0 Å². The van der Waals surface area contributed by atoms with Gasteiger partial charge < -0.3 is 9.67 Å². The number of aliphatic hydroxyl groups excluding tert-OH is 1. The Kier molecular flexibility index (Phi) is 3.97. The summed E-state index contributed by atoms with van der Waals surface area (Å²) in [6.45, 7) is 4.94. The van der Waals surface area contributed by atoms with Gasteiger partial charge in [0, 0.05) is 31.4 Å². The lowest BCUT2D eigenvalue weighted by molar-refractivity contribution is 0.136. The summed E-state index contributed by atoms with van der Waals surface area (Å²) in [6.07, 6.45) is 2.95. The molecule has 2 atom stereocenters. The Morgan fingerprint density at radius 2 is 2.24 bits per heavy atom. The summed E-state index contributed by atoms with van der Waals surface area (Å²) in [4.78, 5) is 13.8. The maximum Gasteiger partial charge on any atom is 0.250 e. The van der Waals surface area contributed by atoms with E-state index in [1.165, 1.54) is 0 Å². The second-order valence-electron chi connectivity index (χ2n) is 4.78. The van der Waals surface area contributed by atoms with Gasteiger partial charge >= 0.3 is 0 Å². The molecule has 2 unspecified atom stereocenters. The maximum absolute atomic E-state index is 11.5. The third kappa shape index (κ3) is 2.76. The first kappa shape index (κ1) is 12.3. The first-order valence-corrected chi connectivity index (χ1v) is 6.22. The van der Waals surface area contributed by atoms with Crippen LogP contribution >= 0.6 is 0 Å². The molecule has 1 saturated heterocycles. The van der Waals surface area contributed by atoms with Crippen LogP contribution in [0.1, 0.15) is 13.3 Å². The van der Waals surface area contributed by atoms with Crippen LogP contribution in [0.15, 0.2) is 29.2 Å². The Balaban J connectivity index is 1.95. The van der Waals surface area contributed by atoms with Gasteiger partial charge in [-0.15, -0.1) is 0 Å². The maximum atomic E-state index is 11.5. The largest absolute Gasteiger partial charge is 0.395 e.